The molecule has 2 atom stereocenters. The van der Waals surface area contributed by atoms with Gasteiger partial charge in [0.1, 0.15) is 0 Å². The fraction of sp³-hybridized carbons (Fsp3) is 0.556. The Morgan fingerprint density at radius 2 is 2.12 bits per heavy atom. The van der Waals surface area contributed by atoms with Crippen LogP contribution >= 0.6 is 0 Å². The summed E-state index contributed by atoms with van der Waals surface area (Å²) in [6, 6.07) is 6.13. The first kappa shape index (κ1) is 16.4. The van der Waals surface area contributed by atoms with Crippen molar-refractivity contribution < 1.29 is 14.2 Å². The summed E-state index contributed by atoms with van der Waals surface area (Å²) >= 11 is 0. The van der Waals surface area contributed by atoms with Gasteiger partial charge in [0.15, 0.2) is 11.5 Å². The van der Waals surface area contributed by atoms with E-state index in [0.29, 0.717) is 13.2 Å². The van der Waals surface area contributed by atoms with E-state index in [-0.39, 0.29) is 12.0 Å². The van der Waals surface area contributed by atoms with Gasteiger partial charge in [-0.2, -0.15) is 0 Å². The molecule has 0 saturated carbocycles. The normalized spacial score (nSPS) is 23.6. The molecule has 2 aliphatic heterocycles. The van der Waals surface area contributed by atoms with Crippen molar-refractivity contribution in [3.63, 3.8) is 0 Å². The second kappa shape index (κ2) is 7.01. The van der Waals surface area contributed by atoms with Crippen molar-refractivity contribution in [1.29, 1.82) is 0 Å². The first-order chi connectivity index (χ1) is 12.2. The number of rotatable bonds is 4. The molecule has 134 valence electrons. The molecular formula is C18H24N4O3. The van der Waals surface area contributed by atoms with Crippen molar-refractivity contribution in [3.8, 4) is 11.5 Å². The van der Waals surface area contributed by atoms with E-state index in [4.69, 9.17) is 14.2 Å². The van der Waals surface area contributed by atoms with Crippen molar-refractivity contribution in [2.24, 2.45) is 7.05 Å². The van der Waals surface area contributed by atoms with E-state index in [1.54, 1.807) is 11.8 Å². The fourth-order valence-electron chi connectivity index (χ4n) is 3.66. The zero-order valence-electron chi connectivity index (χ0n) is 14.7. The topological polar surface area (TPSA) is 61.6 Å². The Kier molecular flexibility index (Phi) is 4.59. The second-order valence-electron chi connectivity index (χ2n) is 6.69. The van der Waals surface area contributed by atoms with Crippen LogP contribution in [0.1, 0.15) is 23.6 Å². The monoisotopic (exact) mass is 344 g/mol. The highest BCUT2D eigenvalue weighted by molar-refractivity contribution is 5.47. The first-order valence-electron chi connectivity index (χ1n) is 8.73. The minimum Gasteiger partial charge on any atom is -0.490 e. The molecule has 1 aromatic heterocycles. The molecule has 0 radical (unpaired) electrons. The minimum absolute atomic E-state index is 0.121. The molecule has 0 N–H and O–H groups in total. The lowest BCUT2D eigenvalue weighted by molar-refractivity contribution is 0.0956. The molecule has 1 fully saturated rings. The summed E-state index contributed by atoms with van der Waals surface area (Å²) in [5.41, 5.74) is 2.15. The summed E-state index contributed by atoms with van der Waals surface area (Å²) in [5, 5.41) is 8.34. The Morgan fingerprint density at radius 1 is 1.24 bits per heavy atom. The Morgan fingerprint density at radius 3 is 2.92 bits per heavy atom. The molecule has 7 heteroatoms. The third-order valence-corrected chi connectivity index (χ3v) is 4.89. The average molecular weight is 344 g/mol. The summed E-state index contributed by atoms with van der Waals surface area (Å²) in [6.07, 6.45) is 3.01. The van der Waals surface area contributed by atoms with Gasteiger partial charge < -0.3 is 14.2 Å². The number of hydrogen-bond acceptors (Lipinski definition) is 6. The van der Waals surface area contributed by atoms with Gasteiger partial charge in [-0.25, -0.2) is 0 Å². The van der Waals surface area contributed by atoms with Crippen LogP contribution in [0.25, 0.3) is 0 Å². The number of aromatic nitrogens is 3. The summed E-state index contributed by atoms with van der Waals surface area (Å²) < 4.78 is 19.2. The summed E-state index contributed by atoms with van der Waals surface area (Å²) in [7, 11) is 3.66. The molecule has 0 amide bonds. The molecule has 3 heterocycles. The van der Waals surface area contributed by atoms with E-state index < -0.39 is 0 Å². The number of benzene rings is 1. The van der Waals surface area contributed by atoms with Crippen molar-refractivity contribution in [2.75, 3.05) is 33.4 Å². The highest BCUT2D eigenvalue weighted by atomic mass is 16.5. The SMILES string of the molecule is CO[C@@H]1CN(Cc2cccc3c2OCCCO3)C[C@H]1c1cn(C)nn1. The lowest BCUT2D eigenvalue weighted by Crippen LogP contribution is -2.23. The van der Waals surface area contributed by atoms with Crippen molar-refractivity contribution >= 4 is 0 Å². The predicted molar refractivity (Wildman–Crippen MR) is 91.9 cm³/mol. The van der Waals surface area contributed by atoms with Gasteiger partial charge in [-0.3, -0.25) is 9.58 Å². The number of likely N-dealkylation sites (tertiary alicyclic amines) is 1. The van der Waals surface area contributed by atoms with Crippen molar-refractivity contribution in [1.82, 2.24) is 19.9 Å². The third kappa shape index (κ3) is 3.34. The zero-order chi connectivity index (χ0) is 17.2. The lowest BCUT2D eigenvalue weighted by atomic mass is 10.0. The second-order valence-corrected chi connectivity index (χ2v) is 6.69. The maximum Gasteiger partial charge on any atom is 0.165 e. The van der Waals surface area contributed by atoms with Gasteiger partial charge in [0, 0.05) is 57.9 Å². The maximum atomic E-state index is 5.95. The number of methoxy groups -OCH3 is 1. The third-order valence-electron chi connectivity index (χ3n) is 4.89. The number of nitrogens with zero attached hydrogens (tertiary/aromatic N) is 4. The lowest BCUT2D eigenvalue weighted by Gasteiger charge is -2.18. The number of hydrogen-bond donors (Lipinski definition) is 0. The molecule has 1 saturated heterocycles. The highest BCUT2D eigenvalue weighted by Gasteiger charge is 2.36. The van der Waals surface area contributed by atoms with Crippen LogP contribution in [0, 0.1) is 0 Å². The van der Waals surface area contributed by atoms with Gasteiger partial charge >= 0.3 is 0 Å². The van der Waals surface area contributed by atoms with Gasteiger partial charge in [0.05, 0.1) is 25.0 Å². The standard InChI is InChI=1S/C18H24N4O3/c1-21-11-15(19-20-21)14-10-22(12-17(14)23-2)9-13-5-3-6-16-18(13)25-8-4-7-24-16/h3,5-6,11,14,17H,4,7-10,12H2,1-2H3/t14-,17+/m0/s1. The van der Waals surface area contributed by atoms with Crippen LogP contribution in [0.2, 0.25) is 0 Å². The quantitative estimate of drug-likeness (QED) is 0.839. The van der Waals surface area contributed by atoms with E-state index in [9.17, 15) is 0 Å². The molecule has 0 unspecified atom stereocenters. The summed E-state index contributed by atoms with van der Waals surface area (Å²) in [6.45, 7) is 3.97. The van der Waals surface area contributed by atoms with E-state index in [1.165, 1.54) is 0 Å². The number of para-hydroxylation sites is 1. The van der Waals surface area contributed by atoms with E-state index in [0.717, 1.165) is 48.8 Å². The Balaban J connectivity index is 1.52. The molecule has 25 heavy (non-hydrogen) atoms. The van der Waals surface area contributed by atoms with E-state index in [2.05, 4.69) is 21.3 Å². The van der Waals surface area contributed by atoms with E-state index in [1.807, 2.05) is 25.4 Å². The van der Waals surface area contributed by atoms with Crippen LogP contribution < -0.4 is 9.47 Å². The van der Waals surface area contributed by atoms with Gasteiger partial charge in [0.25, 0.3) is 0 Å². The first-order valence-corrected chi connectivity index (χ1v) is 8.73. The zero-order valence-corrected chi connectivity index (χ0v) is 14.7. The summed E-state index contributed by atoms with van der Waals surface area (Å²) in [5.74, 6) is 1.97. The Labute approximate surface area is 147 Å². The van der Waals surface area contributed by atoms with Crippen LogP contribution in [-0.4, -0.2) is 59.4 Å². The Hall–Kier alpha value is -2.12. The molecule has 0 aliphatic carbocycles. The smallest absolute Gasteiger partial charge is 0.165 e. The van der Waals surface area contributed by atoms with Gasteiger partial charge in [0.2, 0.25) is 0 Å². The maximum absolute atomic E-state index is 5.95. The molecule has 0 spiro atoms. The van der Waals surface area contributed by atoms with Crippen LogP contribution in [0.15, 0.2) is 24.4 Å². The molecule has 4 rings (SSSR count). The van der Waals surface area contributed by atoms with Crippen LogP contribution in [0.4, 0.5) is 0 Å². The number of aryl methyl sites for hydroxylation is 1. The van der Waals surface area contributed by atoms with Crippen LogP contribution in [0.5, 0.6) is 11.5 Å². The molecule has 1 aromatic carbocycles. The van der Waals surface area contributed by atoms with Crippen LogP contribution in [0.3, 0.4) is 0 Å². The average Bonchev–Trinajstić information content (AvgIpc) is 3.13. The van der Waals surface area contributed by atoms with Crippen molar-refractivity contribution in [3.05, 3.63) is 35.7 Å². The van der Waals surface area contributed by atoms with E-state index >= 15 is 0 Å². The molecule has 2 aliphatic rings. The highest BCUT2D eigenvalue weighted by Crippen LogP contribution is 2.36. The molecule has 7 nitrogen and oxygen atoms in total. The Bertz CT molecular complexity index is 733. The van der Waals surface area contributed by atoms with Gasteiger partial charge in [-0.15, -0.1) is 5.10 Å². The number of fused-ring (bicyclic) bond motifs is 1. The number of ether oxygens (including phenoxy) is 3. The van der Waals surface area contributed by atoms with Gasteiger partial charge in [-0.05, 0) is 6.07 Å². The minimum atomic E-state index is 0.121. The molecular weight excluding hydrogens is 320 g/mol. The predicted octanol–water partition coefficient (Wildman–Crippen LogP) is 1.59. The van der Waals surface area contributed by atoms with Crippen LogP contribution in [-0.2, 0) is 18.3 Å². The fourth-order valence-corrected chi connectivity index (χ4v) is 3.66. The molecule has 2 aromatic rings. The van der Waals surface area contributed by atoms with Crippen molar-refractivity contribution in [2.45, 2.75) is 25.0 Å². The largest absolute Gasteiger partial charge is 0.490 e. The summed E-state index contributed by atoms with van der Waals surface area (Å²) in [4.78, 5) is 2.39. The van der Waals surface area contributed by atoms with Gasteiger partial charge in [-0.1, -0.05) is 17.3 Å². The molecule has 0 bridgehead atoms.